The van der Waals surface area contributed by atoms with E-state index in [4.69, 9.17) is 0 Å². The lowest BCUT2D eigenvalue weighted by atomic mass is 10.1. The van der Waals surface area contributed by atoms with Crippen LogP contribution in [0, 0.1) is 0 Å². The third-order valence-corrected chi connectivity index (χ3v) is 3.05. The number of pyridine rings is 1. The van der Waals surface area contributed by atoms with Crippen molar-refractivity contribution in [3.8, 4) is 0 Å². The van der Waals surface area contributed by atoms with Gasteiger partial charge in [-0.1, -0.05) is 48.5 Å². The van der Waals surface area contributed by atoms with Crippen molar-refractivity contribution < 1.29 is 0 Å². The molecule has 0 aliphatic carbocycles. The first-order valence-corrected chi connectivity index (χ1v) is 5.98. The Kier molecular flexibility index (Phi) is 2.69. The van der Waals surface area contributed by atoms with Gasteiger partial charge in [0.05, 0.1) is 0 Å². The van der Waals surface area contributed by atoms with Crippen molar-refractivity contribution in [2.24, 2.45) is 0 Å². The van der Waals surface area contributed by atoms with Crippen LogP contribution in [0.5, 0.6) is 0 Å². The van der Waals surface area contributed by atoms with E-state index in [1.807, 2.05) is 48.5 Å². The molecular weight excluding hydrogens is 222 g/mol. The molecule has 2 heteroatoms. The van der Waals surface area contributed by atoms with E-state index in [9.17, 15) is 4.79 Å². The van der Waals surface area contributed by atoms with Crippen LogP contribution in [0.4, 0.5) is 0 Å². The minimum absolute atomic E-state index is 0.0148. The van der Waals surface area contributed by atoms with E-state index >= 15 is 0 Å². The summed E-state index contributed by atoms with van der Waals surface area (Å²) in [7, 11) is 0. The van der Waals surface area contributed by atoms with Crippen LogP contribution >= 0.6 is 0 Å². The van der Waals surface area contributed by atoms with Crippen molar-refractivity contribution in [2.75, 3.05) is 0 Å². The fraction of sp³-hybridized carbons (Fsp3) is 0.0625. The number of hydrogen-bond acceptors (Lipinski definition) is 1. The van der Waals surface area contributed by atoms with Crippen LogP contribution in [0.3, 0.4) is 0 Å². The Bertz CT molecular complexity index is 729. The van der Waals surface area contributed by atoms with Crippen LogP contribution in [0.1, 0.15) is 11.3 Å². The minimum atomic E-state index is -0.0148. The second-order valence-electron chi connectivity index (χ2n) is 4.37. The van der Waals surface area contributed by atoms with E-state index in [0.29, 0.717) is 0 Å². The molecule has 0 spiro atoms. The van der Waals surface area contributed by atoms with Crippen LogP contribution in [0.15, 0.2) is 65.5 Å². The summed E-state index contributed by atoms with van der Waals surface area (Å²) in [5.74, 6) is 0. The summed E-state index contributed by atoms with van der Waals surface area (Å²) in [6.07, 6.45) is 0.751. The molecule has 0 aliphatic heterocycles. The Balaban J connectivity index is 2.06. The topological polar surface area (TPSA) is 32.9 Å². The molecule has 0 amide bonds. The third-order valence-electron chi connectivity index (χ3n) is 3.05. The van der Waals surface area contributed by atoms with Crippen molar-refractivity contribution in [3.05, 3.63) is 82.3 Å². The largest absolute Gasteiger partial charge is 0.325 e. The van der Waals surface area contributed by atoms with Crippen molar-refractivity contribution in [1.82, 2.24) is 4.98 Å². The Labute approximate surface area is 105 Å². The normalized spacial score (nSPS) is 10.7. The first kappa shape index (κ1) is 10.8. The summed E-state index contributed by atoms with van der Waals surface area (Å²) in [5.41, 5.74) is 2.13. The maximum Gasteiger partial charge on any atom is 0.256 e. The predicted molar refractivity (Wildman–Crippen MR) is 73.8 cm³/mol. The average molecular weight is 235 g/mol. The number of fused-ring (bicyclic) bond motifs is 1. The number of hydrogen-bond donors (Lipinski definition) is 1. The van der Waals surface area contributed by atoms with Gasteiger partial charge in [-0.05, 0) is 23.1 Å². The number of benzene rings is 2. The molecule has 0 saturated heterocycles. The maximum absolute atomic E-state index is 11.9. The molecule has 18 heavy (non-hydrogen) atoms. The zero-order valence-electron chi connectivity index (χ0n) is 9.89. The lowest BCUT2D eigenvalue weighted by Crippen LogP contribution is -2.09. The highest BCUT2D eigenvalue weighted by molar-refractivity contribution is 5.81. The highest BCUT2D eigenvalue weighted by atomic mass is 16.1. The van der Waals surface area contributed by atoms with Crippen LogP contribution in [-0.4, -0.2) is 4.98 Å². The molecule has 0 atom stereocenters. The van der Waals surface area contributed by atoms with E-state index in [1.165, 1.54) is 5.56 Å². The molecule has 2 aromatic carbocycles. The molecular formula is C16H13NO. The fourth-order valence-electron chi connectivity index (χ4n) is 2.18. The number of H-pyrrole nitrogens is 1. The van der Waals surface area contributed by atoms with Crippen molar-refractivity contribution in [3.63, 3.8) is 0 Å². The Hall–Kier alpha value is -2.35. The van der Waals surface area contributed by atoms with Gasteiger partial charge in [-0.3, -0.25) is 4.79 Å². The lowest BCUT2D eigenvalue weighted by Gasteiger charge is -2.04. The molecule has 3 rings (SSSR count). The summed E-state index contributed by atoms with van der Waals surface area (Å²) >= 11 is 0. The molecule has 0 radical (unpaired) electrons. The monoisotopic (exact) mass is 235 g/mol. The second-order valence-corrected chi connectivity index (χ2v) is 4.37. The van der Waals surface area contributed by atoms with Gasteiger partial charge in [-0.25, -0.2) is 0 Å². The fourth-order valence-corrected chi connectivity index (χ4v) is 2.18. The van der Waals surface area contributed by atoms with Gasteiger partial charge in [0.1, 0.15) is 0 Å². The molecule has 0 saturated carbocycles. The maximum atomic E-state index is 11.9. The van der Waals surface area contributed by atoms with Crippen LogP contribution in [0.25, 0.3) is 10.8 Å². The van der Waals surface area contributed by atoms with E-state index in [2.05, 4.69) is 17.1 Å². The summed E-state index contributed by atoms with van der Waals surface area (Å²) in [4.78, 5) is 14.9. The molecule has 3 aromatic rings. The second kappa shape index (κ2) is 4.49. The average Bonchev–Trinajstić information content (AvgIpc) is 2.40. The summed E-state index contributed by atoms with van der Waals surface area (Å²) in [6, 6.07) is 19.8. The van der Waals surface area contributed by atoms with E-state index in [-0.39, 0.29) is 5.56 Å². The SMILES string of the molecule is O=c1[nH]c(Cc2ccccc2)cc2ccccc12. The Morgan fingerprint density at radius 1 is 0.889 bits per heavy atom. The predicted octanol–water partition coefficient (Wildman–Crippen LogP) is 3.12. The minimum Gasteiger partial charge on any atom is -0.325 e. The van der Waals surface area contributed by atoms with Crippen molar-refractivity contribution >= 4 is 10.8 Å². The molecule has 1 aromatic heterocycles. The molecule has 2 nitrogen and oxygen atoms in total. The molecule has 0 fully saturated rings. The third kappa shape index (κ3) is 2.05. The lowest BCUT2D eigenvalue weighted by molar-refractivity contribution is 1.06. The van der Waals surface area contributed by atoms with E-state index in [1.54, 1.807) is 0 Å². The van der Waals surface area contributed by atoms with Gasteiger partial charge < -0.3 is 4.98 Å². The highest BCUT2D eigenvalue weighted by Crippen LogP contribution is 2.12. The van der Waals surface area contributed by atoms with Crippen molar-refractivity contribution in [2.45, 2.75) is 6.42 Å². The van der Waals surface area contributed by atoms with Gasteiger partial charge in [-0.15, -0.1) is 0 Å². The summed E-state index contributed by atoms with van der Waals surface area (Å²) < 4.78 is 0. The molecule has 0 aliphatic rings. The quantitative estimate of drug-likeness (QED) is 0.727. The number of aromatic nitrogens is 1. The van der Waals surface area contributed by atoms with Gasteiger partial charge >= 0.3 is 0 Å². The van der Waals surface area contributed by atoms with Crippen LogP contribution < -0.4 is 5.56 Å². The first-order valence-electron chi connectivity index (χ1n) is 5.98. The van der Waals surface area contributed by atoms with Crippen LogP contribution in [-0.2, 0) is 6.42 Å². The van der Waals surface area contributed by atoms with Gasteiger partial charge in [0.25, 0.3) is 5.56 Å². The van der Waals surface area contributed by atoms with Gasteiger partial charge in [0.2, 0.25) is 0 Å². The van der Waals surface area contributed by atoms with E-state index in [0.717, 1.165) is 22.9 Å². The molecule has 1 heterocycles. The number of nitrogens with one attached hydrogen (secondary N) is 1. The molecule has 1 N–H and O–H groups in total. The molecule has 0 bridgehead atoms. The van der Waals surface area contributed by atoms with Crippen molar-refractivity contribution in [1.29, 1.82) is 0 Å². The summed E-state index contributed by atoms with van der Waals surface area (Å²) in [5, 5.41) is 1.74. The zero-order valence-corrected chi connectivity index (χ0v) is 9.89. The molecule has 88 valence electrons. The van der Waals surface area contributed by atoms with Gasteiger partial charge in [0, 0.05) is 17.5 Å². The van der Waals surface area contributed by atoms with Crippen LogP contribution in [0.2, 0.25) is 0 Å². The zero-order chi connectivity index (χ0) is 12.4. The number of rotatable bonds is 2. The highest BCUT2D eigenvalue weighted by Gasteiger charge is 2.02. The molecule has 0 unspecified atom stereocenters. The smallest absolute Gasteiger partial charge is 0.256 e. The standard InChI is InChI=1S/C16H13NO/c18-16-15-9-5-4-8-13(15)11-14(17-16)10-12-6-2-1-3-7-12/h1-9,11H,10H2,(H,17,18). The summed E-state index contributed by atoms with van der Waals surface area (Å²) in [6.45, 7) is 0. The number of aromatic amines is 1. The van der Waals surface area contributed by atoms with Gasteiger partial charge in [0.15, 0.2) is 0 Å². The Morgan fingerprint density at radius 3 is 2.44 bits per heavy atom. The first-order chi connectivity index (χ1) is 8.83. The van der Waals surface area contributed by atoms with Gasteiger partial charge in [-0.2, -0.15) is 0 Å². The Morgan fingerprint density at radius 2 is 1.61 bits per heavy atom. The van der Waals surface area contributed by atoms with E-state index < -0.39 is 0 Å².